The molecule has 0 aliphatic carbocycles. The highest BCUT2D eigenvalue weighted by atomic mass is 16.2. The largest absolute Gasteiger partial charge is 0.396 e. The number of hydrogen-bond acceptors (Lipinski definition) is 2. The molecule has 2 nitrogen and oxygen atoms in total. The highest BCUT2D eigenvalue weighted by molar-refractivity contribution is 5.35. The number of aliphatic hydroxyl groups excluding tert-OH is 1. The molecule has 0 bridgehead atoms. The SMILES string of the molecule is Cc1cccc([C@H](C)N[C@H](C)CCCO)c1C. The lowest BCUT2D eigenvalue weighted by Gasteiger charge is -2.22. The van der Waals surface area contributed by atoms with Crippen molar-refractivity contribution in [2.75, 3.05) is 6.61 Å². The summed E-state index contributed by atoms with van der Waals surface area (Å²) < 4.78 is 0. The number of nitrogens with one attached hydrogen (secondary N) is 1. The molecule has 0 aromatic heterocycles. The lowest BCUT2D eigenvalue weighted by Crippen LogP contribution is -2.29. The highest BCUT2D eigenvalue weighted by Gasteiger charge is 2.11. The first-order valence-corrected chi connectivity index (χ1v) is 6.49. The molecule has 0 unspecified atom stereocenters. The van der Waals surface area contributed by atoms with E-state index in [1.54, 1.807) is 0 Å². The minimum absolute atomic E-state index is 0.282. The molecule has 0 amide bonds. The summed E-state index contributed by atoms with van der Waals surface area (Å²) in [7, 11) is 0. The molecular formula is C15H25NO. The minimum Gasteiger partial charge on any atom is -0.396 e. The van der Waals surface area contributed by atoms with Crippen molar-refractivity contribution in [2.24, 2.45) is 0 Å². The molecule has 96 valence electrons. The fourth-order valence-corrected chi connectivity index (χ4v) is 2.24. The number of aryl methyl sites for hydroxylation is 1. The molecule has 17 heavy (non-hydrogen) atoms. The van der Waals surface area contributed by atoms with Crippen LogP contribution in [0, 0.1) is 13.8 Å². The molecule has 0 saturated carbocycles. The van der Waals surface area contributed by atoms with Gasteiger partial charge in [0, 0.05) is 18.7 Å². The zero-order valence-electron chi connectivity index (χ0n) is 11.5. The fraction of sp³-hybridized carbons (Fsp3) is 0.600. The van der Waals surface area contributed by atoms with Crippen LogP contribution >= 0.6 is 0 Å². The van der Waals surface area contributed by atoms with Crippen LogP contribution in [0.3, 0.4) is 0 Å². The van der Waals surface area contributed by atoms with E-state index in [0.717, 1.165) is 12.8 Å². The number of aliphatic hydroxyl groups is 1. The van der Waals surface area contributed by atoms with Gasteiger partial charge in [0.1, 0.15) is 0 Å². The van der Waals surface area contributed by atoms with Gasteiger partial charge in [-0.05, 0) is 57.2 Å². The van der Waals surface area contributed by atoms with Crippen molar-refractivity contribution in [1.29, 1.82) is 0 Å². The van der Waals surface area contributed by atoms with Crippen LogP contribution in [-0.4, -0.2) is 17.8 Å². The molecular weight excluding hydrogens is 210 g/mol. The van der Waals surface area contributed by atoms with Gasteiger partial charge < -0.3 is 10.4 Å². The average molecular weight is 235 g/mol. The van der Waals surface area contributed by atoms with Crippen LogP contribution in [0.5, 0.6) is 0 Å². The summed E-state index contributed by atoms with van der Waals surface area (Å²) in [6.45, 7) is 9.00. The molecule has 2 heteroatoms. The molecule has 0 heterocycles. The Kier molecular flexibility index (Phi) is 5.66. The highest BCUT2D eigenvalue weighted by Crippen LogP contribution is 2.20. The summed E-state index contributed by atoms with van der Waals surface area (Å²) in [5, 5.41) is 12.4. The Morgan fingerprint density at radius 2 is 1.94 bits per heavy atom. The Hall–Kier alpha value is -0.860. The Morgan fingerprint density at radius 1 is 1.24 bits per heavy atom. The molecule has 0 saturated heterocycles. The molecule has 0 spiro atoms. The van der Waals surface area contributed by atoms with E-state index in [0.29, 0.717) is 12.1 Å². The molecule has 0 aliphatic heterocycles. The normalized spacial score (nSPS) is 14.6. The number of benzene rings is 1. The van der Waals surface area contributed by atoms with Crippen LogP contribution in [0.2, 0.25) is 0 Å². The van der Waals surface area contributed by atoms with E-state index in [4.69, 9.17) is 5.11 Å². The van der Waals surface area contributed by atoms with Gasteiger partial charge in [-0.1, -0.05) is 18.2 Å². The summed E-state index contributed by atoms with van der Waals surface area (Å²) in [6, 6.07) is 7.27. The third-order valence-corrected chi connectivity index (χ3v) is 3.44. The van der Waals surface area contributed by atoms with Crippen LogP contribution in [0.25, 0.3) is 0 Å². The molecule has 2 atom stereocenters. The van der Waals surface area contributed by atoms with Gasteiger partial charge in [0.05, 0.1) is 0 Å². The second kappa shape index (κ2) is 6.77. The molecule has 1 aromatic rings. The van der Waals surface area contributed by atoms with Crippen molar-refractivity contribution >= 4 is 0 Å². The third-order valence-electron chi connectivity index (χ3n) is 3.44. The van der Waals surface area contributed by atoms with Crippen LogP contribution < -0.4 is 5.32 Å². The Labute approximate surface area is 105 Å². The molecule has 2 N–H and O–H groups in total. The van der Waals surface area contributed by atoms with Crippen molar-refractivity contribution in [2.45, 2.75) is 52.6 Å². The van der Waals surface area contributed by atoms with Gasteiger partial charge in [0.2, 0.25) is 0 Å². The van der Waals surface area contributed by atoms with E-state index in [1.165, 1.54) is 16.7 Å². The van der Waals surface area contributed by atoms with Crippen LogP contribution in [0.1, 0.15) is 49.4 Å². The minimum atomic E-state index is 0.282. The van der Waals surface area contributed by atoms with E-state index in [-0.39, 0.29) is 6.61 Å². The first kappa shape index (κ1) is 14.2. The van der Waals surface area contributed by atoms with Crippen molar-refractivity contribution in [3.05, 3.63) is 34.9 Å². The molecule has 0 fully saturated rings. The Morgan fingerprint density at radius 3 is 2.59 bits per heavy atom. The summed E-state index contributed by atoms with van der Waals surface area (Å²) in [5.41, 5.74) is 4.10. The zero-order valence-corrected chi connectivity index (χ0v) is 11.5. The lowest BCUT2D eigenvalue weighted by molar-refractivity contribution is 0.274. The average Bonchev–Trinajstić information content (AvgIpc) is 2.29. The van der Waals surface area contributed by atoms with Crippen molar-refractivity contribution in [3.8, 4) is 0 Å². The summed E-state index contributed by atoms with van der Waals surface area (Å²) in [6.07, 6.45) is 1.89. The predicted molar refractivity (Wildman–Crippen MR) is 73.2 cm³/mol. The molecule has 0 aliphatic rings. The summed E-state index contributed by atoms with van der Waals surface area (Å²) in [4.78, 5) is 0. The van der Waals surface area contributed by atoms with Gasteiger partial charge in [0.25, 0.3) is 0 Å². The van der Waals surface area contributed by atoms with E-state index in [2.05, 4.69) is 51.2 Å². The second-order valence-corrected chi connectivity index (χ2v) is 4.94. The van der Waals surface area contributed by atoms with Gasteiger partial charge in [-0.2, -0.15) is 0 Å². The van der Waals surface area contributed by atoms with Crippen LogP contribution in [0.15, 0.2) is 18.2 Å². The van der Waals surface area contributed by atoms with E-state index < -0.39 is 0 Å². The quantitative estimate of drug-likeness (QED) is 0.794. The standard InChI is InChI=1S/C15H25NO/c1-11-7-5-9-15(13(11)3)14(4)16-12(2)8-6-10-17/h5,7,9,12,14,16-17H,6,8,10H2,1-4H3/t12-,14+/m1/s1. The summed E-state index contributed by atoms with van der Waals surface area (Å²) >= 11 is 0. The van der Waals surface area contributed by atoms with Gasteiger partial charge in [-0.3, -0.25) is 0 Å². The van der Waals surface area contributed by atoms with E-state index >= 15 is 0 Å². The van der Waals surface area contributed by atoms with Gasteiger partial charge in [0.15, 0.2) is 0 Å². The zero-order chi connectivity index (χ0) is 12.8. The predicted octanol–water partition coefficient (Wildman–Crippen LogP) is 3.12. The van der Waals surface area contributed by atoms with Crippen molar-refractivity contribution < 1.29 is 5.11 Å². The maximum absolute atomic E-state index is 8.82. The van der Waals surface area contributed by atoms with Gasteiger partial charge in [-0.25, -0.2) is 0 Å². The first-order chi connectivity index (χ1) is 8.06. The maximum Gasteiger partial charge on any atom is 0.0431 e. The lowest BCUT2D eigenvalue weighted by atomic mass is 9.97. The smallest absolute Gasteiger partial charge is 0.0431 e. The second-order valence-electron chi connectivity index (χ2n) is 4.94. The monoisotopic (exact) mass is 235 g/mol. The van der Waals surface area contributed by atoms with Gasteiger partial charge >= 0.3 is 0 Å². The maximum atomic E-state index is 8.82. The first-order valence-electron chi connectivity index (χ1n) is 6.49. The summed E-state index contributed by atoms with van der Waals surface area (Å²) in [5.74, 6) is 0. The van der Waals surface area contributed by atoms with Crippen molar-refractivity contribution in [3.63, 3.8) is 0 Å². The van der Waals surface area contributed by atoms with Crippen LogP contribution in [0.4, 0.5) is 0 Å². The Bertz CT molecular complexity index is 349. The van der Waals surface area contributed by atoms with Crippen LogP contribution in [-0.2, 0) is 0 Å². The van der Waals surface area contributed by atoms with E-state index in [1.807, 2.05) is 0 Å². The number of hydrogen-bond donors (Lipinski definition) is 2. The van der Waals surface area contributed by atoms with Gasteiger partial charge in [-0.15, -0.1) is 0 Å². The van der Waals surface area contributed by atoms with E-state index in [9.17, 15) is 0 Å². The molecule has 1 rings (SSSR count). The fourth-order valence-electron chi connectivity index (χ4n) is 2.24. The molecule has 0 radical (unpaired) electrons. The Balaban J connectivity index is 2.63. The van der Waals surface area contributed by atoms with Crippen molar-refractivity contribution in [1.82, 2.24) is 5.32 Å². The third kappa shape index (κ3) is 4.14. The molecule has 1 aromatic carbocycles. The topological polar surface area (TPSA) is 32.3 Å². The number of rotatable bonds is 6.